The molecule has 2 rings (SSSR count). The summed E-state index contributed by atoms with van der Waals surface area (Å²) in [7, 11) is 0. The van der Waals surface area contributed by atoms with Crippen molar-refractivity contribution >= 4 is 27.3 Å². The van der Waals surface area contributed by atoms with Crippen LogP contribution in [0.4, 0.5) is 8.78 Å². The van der Waals surface area contributed by atoms with Gasteiger partial charge in [0.15, 0.2) is 0 Å². The first-order chi connectivity index (χ1) is 7.59. The Morgan fingerprint density at radius 3 is 2.38 bits per heavy atom. The Kier molecular flexibility index (Phi) is 3.37. The van der Waals surface area contributed by atoms with E-state index in [1.165, 1.54) is 29.5 Å². The molecule has 0 aliphatic carbocycles. The Hall–Kier alpha value is -0.780. The molecular weight excluding hydrogens is 296 g/mol. The van der Waals surface area contributed by atoms with Crippen LogP contribution >= 0.6 is 27.3 Å². The maximum absolute atomic E-state index is 13.5. The first-order valence-corrected chi connectivity index (χ1v) is 6.20. The number of hydrogen-bond acceptors (Lipinski definition) is 2. The normalized spacial score (nSPS) is 12.8. The van der Waals surface area contributed by atoms with Gasteiger partial charge in [-0.1, -0.05) is 6.07 Å². The topological polar surface area (TPSA) is 26.0 Å². The molecule has 1 atom stereocenters. The Bertz CT molecular complexity index is 492. The summed E-state index contributed by atoms with van der Waals surface area (Å²) in [6.45, 7) is 0. The van der Waals surface area contributed by atoms with Crippen LogP contribution in [-0.4, -0.2) is 0 Å². The summed E-state index contributed by atoms with van der Waals surface area (Å²) in [5, 5.41) is 1.83. The van der Waals surface area contributed by atoms with Gasteiger partial charge in [-0.2, -0.15) is 0 Å². The lowest BCUT2D eigenvalue weighted by atomic mass is 10.1. The van der Waals surface area contributed by atoms with Gasteiger partial charge in [-0.25, -0.2) is 8.78 Å². The molecule has 1 nitrogen and oxygen atoms in total. The molecule has 1 unspecified atom stereocenters. The van der Waals surface area contributed by atoms with E-state index in [9.17, 15) is 8.78 Å². The summed E-state index contributed by atoms with van der Waals surface area (Å²) < 4.78 is 27.8. The van der Waals surface area contributed by atoms with Crippen LogP contribution in [-0.2, 0) is 0 Å². The fraction of sp³-hybridized carbons (Fsp3) is 0.0909. The van der Waals surface area contributed by atoms with Gasteiger partial charge in [0, 0.05) is 20.3 Å². The minimum Gasteiger partial charge on any atom is -0.319 e. The number of benzene rings is 1. The van der Waals surface area contributed by atoms with Crippen molar-refractivity contribution < 1.29 is 8.78 Å². The lowest BCUT2D eigenvalue weighted by Crippen LogP contribution is -2.14. The van der Waals surface area contributed by atoms with Crippen molar-refractivity contribution in [2.24, 2.45) is 5.73 Å². The van der Waals surface area contributed by atoms with Crippen molar-refractivity contribution in [2.45, 2.75) is 6.04 Å². The summed E-state index contributed by atoms with van der Waals surface area (Å²) in [4.78, 5) is 0.718. The second kappa shape index (κ2) is 4.61. The lowest BCUT2D eigenvalue weighted by Gasteiger charge is -2.11. The zero-order valence-corrected chi connectivity index (χ0v) is 10.5. The highest BCUT2D eigenvalue weighted by Crippen LogP contribution is 2.30. The van der Waals surface area contributed by atoms with Gasteiger partial charge < -0.3 is 5.73 Å². The maximum atomic E-state index is 13.5. The second-order valence-electron chi connectivity index (χ2n) is 3.28. The van der Waals surface area contributed by atoms with Crippen molar-refractivity contribution in [3.8, 4) is 0 Å². The van der Waals surface area contributed by atoms with E-state index in [4.69, 9.17) is 5.73 Å². The number of hydrogen-bond donors (Lipinski definition) is 1. The third-order valence-corrected chi connectivity index (χ3v) is 3.98. The van der Waals surface area contributed by atoms with Gasteiger partial charge in [0.1, 0.15) is 11.6 Å². The SMILES string of the molecule is NC(c1cc(Br)cs1)c1c(F)cccc1F. The molecule has 1 heterocycles. The van der Waals surface area contributed by atoms with Crippen molar-refractivity contribution in [3.63, 3.8) is 0 Å². The second-order valence-corrected chi connectivity index (χ2v) is 5.14. The molecule has 0 saturated carbocycles. The van der Waals surface area contributed by atoms with E-state index in [0.717, 1.165) is 9.35 Å². The van der Waals surface area contributed by atoms with Crippen LogP contribution in [0.3, 0.4) is 0 Å². The van der Waals surface area contributed by atoms with Gasteiger partial charge in [0.25, 0.3) is 0 Å². The third-order valence-electron chi connectivity index (χ3n) is 2.20. The van der Waals surface area contributed by atoms with Crippen LogP contribution in [0.2, 0.25) is 0 Å². The van der Waals surface area contributed by atoms with Crippen LogP contribution in [0.25, 0.3) is 0 Å². The van der Waals surface area contributed by atoms with Crippen molar-refractivity contribution in [1.29, 1.82) is 0 Å². The highest BCUT2D eigenvalue weighted by Gasteiger charge is 2.19. The van der Waals surface area contributed by atoms with Crippen molar-refractivity contribution in [2.75, 3.05) is 0 Å². The minimum atomic E-state index is -0.766. The summed E-state index contributed by atoms with van der Waals surface area (Å²) in [6.07, 6.45) is 0. The zero-order chi connectivity index (χ0) is 11.7. The zero-order valence-electron chi connectivity index (χ0n) is 8.08. The van der Waals surface area contributed by atoms with Gasteiger partial charge in [-0.15, -0.1) is 11.3 Å². The highest BCUT2D eigenvalue weighted by atomic mass is 79.9. The molecule has 16 heavy (non-hydrogen) atoms. The predicted molar refractivity (Wildman–Crippen MR) is 64.4 cm³/mol. The van der Waals surface area contributed by atoms with Crippen molar-refractivity contribution in [3.05, 3.63) is 56.2 Å². The van der Waals surface area contributed by atoms with Gasteiger partial charge in [-0.3, -0.25) is 0 Å². The number of thiophene rings is 1. The molecule has 0 aliphatic rings. The predicted octanol–water partition coefficient (Wildman–Crippen LogP) is 3.84. The van der Waals surface area contributed by atoms with Gasteiger partial charge in [-0.05, 0) is 34.1 Å². The van der Waals surface area contributed by atoms with E-state index in [1.54, 1.807) is 6.07 Å². The first kappa shape index (κ1) is 11.7. The first-order valence-electron chi connectivity index (χ1n) is 4.53. The van der Waals surface area contributed by atoms with E-state index in [2.05, 4.69) is 15.9 Å². The highest BCUT2D eigenvalue weighted by molar-refractivity contribution is 9.10. The monoisotopic (exact) mass is 303 g/mol. The summed E-state index contributed by atoms with van der Waals surface area (Å²) in [5.74, 6) is -1.23. The quantitative estimate of drug-likeness (QED) is 0.896. The summed E-state index contributed by atoms with van der Waals surface area (Å²) in [5.41, 5.74) is 5.75. The van der Waals surface area contributed by atoms with E-state index in [-0.39, 0.29) is 5.56 Å². The molecule has 2 aromatic rings. The molecule has 0 spiro atoms. The Balaban J connectivity index is 2.45. The van der Waals surface area contributed by atoms with Crippen LogP contribution < -0.4 is 5.73 Å². The van der Waals surface area contributed by atoms with E-state index in [1.807, 2.05) is 5.38 Å². The average molecular weight is 304 g/mol. The van der Waals surface area contributed by atoms with Gasteiger partial charge in [0.05, 0.1) is 6.04 Å². The molecular formula is C11H8BrF2NS. The van der Waals surface area contributed by atoms with E-state index >= 15 is 0 Å². The third kappa shape index (κ3) is 2.16. The summed E-state index contributed by atoms with van der Waals surface area (Å²) >= 11 is 4.64. The van der Waals surface area contributed by atoms with Crippen LogP contribution in [0.5, 0.6) is 0 Å². The van der Waals surface area contributed by atoms with Crippen LogP contribution in [0, 0.1) is 11.6 Å². The molecule has 0 amide bonds. The van der Waals surface area contributed by atoms with Gasteiger partial charge in [0.2, 0.25) is 0 Å². The molecule has 0 radical (unpaired) electrons. The Morgan fingerprint density at radius 1 is 1.25 bits per heavy atom. The van der Waals surface area contributed by atoms with Crippen LogP contribution in [0.15, 0.2) is 34.1 Å². The maximum Gasteiger partial charge on any atom is 0.131 e. The van der Waals surface area contributed by atoms with E-state index < -0.39 is 17.7 Å². The average Bonchev–Trinajstić information content (AvgIpc) is 2.64. The molecule has 0 saturated heterocycles. The molecule has 0 bridgehead atoms. The van der Waals surface area contributed by atoms with Crippen molar-refractivity contribution in [1.82, 2.24) is 0 Å². The number of rotatable bonds is 2. The molecule has 1 aromatic carbocycles. The van der Waals surface area contributed by atoms with Gasteiger partial charge >= 0.3 is 0 Å². The molecule has 84 valence electrons. The fourth-order valence-corrected chi connectivity index (χ4v) is 2.90. The fourth-order valence-electron chi connectivity index (χ4n) is 1.44. The van der Waals surface area contributed by atoms with Crippen LogP contribution in [0.1, 0.15) is 16.5 Å². The number of halogens is 3. The smallest absolute Gasteiger partial charge is 0.131 e. The molecule has 1 aromatic heterocycles. The Morgan fingerprint density at radius 2 is 1.88 bits per heavy atom. The lowest BCUT2D eigenvalue weighted by molar-refractivity contribution is 0.545. The number of nitrogens with two attached hydrogens (primary N) is 1. The largest absolute Gasteiger partial charge is 0.319 e. The Labute approximate surface area is 104 Å². The van der Waals surface area contributed by atoms with E-state index in [0.29, 0.717) is 0 Å². The molecule has 2 N–H and O–H groups in total. The molecule has 0 fully saturated rings. The minimum absolute atomic E-state index is 0.0862. The summed E-state index contributed by atoms with van der Waals surface area (Å²) in [6, 6.07) is 4.74. The molecule has 0 aliphatic heterocycles. The molecule has 5 heteroatoms. The standard InChI is InChI=1S/C11H8BrF2NS/c12-6-4-9(16-5-6)11(15)10-7(13)2-1-3-8(10)14/h1-5,11H,15H2.